The lowest BCUT2D eigenvalue weighted by Gasteiger charge is -2.14. The van der Waals surface area contributed by atoms with Crippen molar-refractivity contribution in [2.75, 3.05) is 6.61 Å². The molecular weight excluding hydrogens is 338 g/mol. The van der Waals surface area contributed by atoms with Crippen molar-refractivity contribution < 1.29 is 9.53 Å². The molecule has 0 saturated carbocycles. The van der Waals surface area contributed by atoms with Crippen molar-refractivity contribution in [3.8, 4) is 5.75 Å². The van der Waals surface area contributed by atoms with Gasteiger partial charge in [0.15, 0.2) is 0 Å². The molecule has 122 valence electrons. The van der Waals surface area contributed by atoms with E-state index in [9.17, 15) is 4.79 Å². The molecular formula is C19H17NO2S2. The number of thioether (sulfide) groups is 1. The van der Waals surface area contributed by atoms with E-state index in [-0.39, 0.29) is 5.91 Å². The predicted octanol–water partition coefficient (Wildman–Crippen LogP) is 4.49. The van der Waals surface area contributed by atoms with Crippen molar-refractivity contribution in [2.24, 2.45) is 0 Å². The predicted molar refractivity (Wildman–Crippen MR) is 103 cm³/mol. The number of rotatable bonds is 5. The summed E-state index contributed by atoms with van der Waals surface area (Å²) in [6.45, 7) is 3.06. The van der Waals surface area contributed by atoms with E-state index < -0.39 is 0 Å². The second-order valence-corrected chi connectivity index (χ2v) is 6.93. The molecule has 1 aliphatic rings. The fourth-order valence-electron chi connectivity index (χ4n) is 2.41. The first-order valence-corrected chi connectivity index (χ1v) is 8.92. The zero-order valence-electron chi connectivity index (χ0n) is 13.3. The van der Waals surface area contributed by atoms with E-state index in [1.54, 1.807) is 4.90 Å². The van der Waals surface area contributed by atoms with Crippen molar-refractivity contribution >= 4 is 40.3 Å². The van der Waals surface area contributed by atoms with Gasteiger partial charge in [-0.3, -0.25) is 9.69 Å². The van der Waals surface area contributed by atoms with E-state index in [4.69, 9.17) is 17.0 Å². The van der Waals surface area contributed by atoms with Gasteiger partial charge in [-0.1, -0.05) is 66.4 Å². The fourth-order valence-corrected chi connectivity index (χ4v) is 3.67. The lowest BCUT2D eigenvalue weighted by atomic mass is 10.2. The smallest absolute Gasteiger partial charge is 0.266 e. The monoisotopic (exact) mass is 355 g/mol. The molecule has 0 aliphatic carbocycles. The van der Waals surface area contributed by atoms with Gasteiger partial charge in [-0.25, -0.2) is 0 Å². The molecule has 0 aromatic heterocycles. The van der Waals surface area contributed by atoms with Gasteiger partial charge < -0.3 is 4.74 Å². The third-order valence-corrected chi connectivity index (χ3v) is 4.90. The lowest BCUT2D eigenvalue weighted by molar-refractivity contribution is -0.122. The first-order chi connectivity index (χ1) is 11.7. The first kappa shape index (κ1) is 16.7. The molecule has 0 unspecified atom stereocenters. The maximum Gasteiger partial charge on any atom is 0.266 e. The van der Waals surface area contributed by atoms with Crippen LogP contribution in [0.25, 0.3) is 6.08 Å². The molecule has 2 aromatic carbocycles. The molecule has 5 heteroatoms. The van der Waals surface area contributed by atoms with E-state index in [1.165, 1.54) is 11.8 Å². The van der Waals surface area contributed by atoms with Crippen molar-refractivity contribution in [3.63, 3.8) is 0 Å². The number of carbonyl (C=O) groups excluding carboxylic acids is 1. The highest BCUT2D eigenvalue weighted by Gasteiger charge is 2.31. The largest absolute Gasteiger partial charge is 0.494 e. The Balaban J connectivity index is 1.79. The van der Waals surface area contributed by atoms with Crippen LogP contribution in [0, 0.1) is 0 Å². The number of amides is 1. The minimum Gasteiger partial charge on any atom is -0.494 e. The number of hydrogen-bond donors (Lipinski definition) is 0. The Labute approximate surface area is 151 Å². The first-order valence-electron chi connectivity index (χ1n) is 7.69. The molecule has 3 rings (SSSR count). The maximum atomic E-state index is 12.7. The molecule has 1 amide bonds. The summed E-state index contributed by atoms with van der Waals surface area (Å²) in [4.78, 5) is 14.9. The average molecular weight is 355 g/mol. The summed E-state index contributed by atoms with van der Waals surface area (Å²) >= 11 is 6.72. The SMILES string of the molecule is CCOc1cccc(/C=C2/SC(=S)N(Cc3ccccc3)C2=O)c1. The Kier molecular flexibility index (Phi) is 5.33. The molecule has 3 nitrogen and oxygen atoms in total. The van der Waals surface area contributed by atoms with Crippen LogP contribution >= 0.6 is 24.0 Å². The third kappa shape index (κ3) is 3.86. The van der Waals surface area contributed by atoms with Gasteiger partial charge in [-0.15, -0.1) is 0 Å². The Morgan fingerprint density at radius 2 is 1.96 bits per heavy atom. The molecule has 0 spiro atoms. The van der Waals surface area contributed by atoms with Crippen LogP contribution in [0.15, 0.2) is 59.5 Å². The summed E-state index contributed by atoms with van der Waals surface area (Å²) in [5.74, 6) is 0.752. The van der Waals surface area contributed by atoms with Crippen molar-refractivity contribution in [1.82, 2.24) is 4.90 Å². The highest BCUT2D eigenvalue weighted by Crippen LogP contribution is 2.33. The van der Waals surface area contributed by atoms with Gasteiger partial charge in [-0.2, -0.15) is 0 Å². The topological polar surface area (TPSA) is 29.5 Å². The molecule has 24 heavy (non-hydrogen) atoms. The van der Waals surface area contributed by atoms with Gasteiger partial charge in [0.25, 0.3) is 5.91 Å². The molecule has 0 bridgehead atoms. The quantitative estimate of drug-likeness (QED) is 0.584. The second kappa shape index (κ2) is 7.64. The second-order valence-electron chi connectivity index (χ2n) is 5.26. The van der Waals surface area contributed by atoms with Crippen molar-refractivity contribution in [2.45, 2.75) is 13.5 Å². The summed E-state index contributed by atoms with van der Waals surface area (Å²) in [5, 5.41) is 0. The zero-order chi connectivity index (χ0) is 16.9. The number of ether oxygens (including phenoxy) is 1. The van der Waals surface area contributed by atoms with Gasteiger partial charge in [0, 0.05) is 0 Å². The third-order valence-electron chi connectivity index (χ3n) is 3.52. The molecule has 0 radical (unpaired) electrons. The van der Waals surface area contributed by atoms with Crippen LogP contribution in [-0.4, -0.2) is 21.7 Å². The number of carbonyl (C=O) groups is 1. The minimum atomic E-state index is -0.0457. The minimum absolute atomic E-state index is 0.0457. The van der Waals surface area contributed by atoms with Gasteiger partial charge >= 0.3 is 0 Å². The Morgan fingerprint density at radius 1 is 1.17 bits per heavy atom. The number of hydrogen-bond acceptors (Lipinski definition) is 4. The summed E-state index contributed by atoms with van der Waals surface area (Å²) in [6.07, 6.45) is 1.87. The summed E-state index contributed by atoms with van der Waals surface area (Å²) in [7, 11) is 0. The van der Waals surface area contributed by atoms with Crippen LogP contribution in [-0.2, 0) is 11.3 Å². The van der Waals surface area contributed by atoms with Crippen LogP contribution in [0.5, 0.6) is 5.75 Å². The molecule has 0 N–H and O–H groups in total. The summed E-state index contributed by atoms with van der Waals surface area (Å²) in [5.41, 5.74) is 1.99. The average Bonchev–Trinajstić information content (AvgIpc) is 2.84. The Bertz CT molecular complexity index is 787. The lowest BCUT2D eigenvalue weighted by Crippen LogP contribution is -2.27. The van der Waals surface area contributed by atoms with E-state index >= 15 is 0 Å². The maximum absolute atomic E-state index is 12.7. The molecule has 1 aliphatic heterocycles. The van der Waals surface area contributed by atoms with Crippen LogP contribution in [0.4, 0.5) is 0 Å². The van der Waals surface area contributed by atoms with E-state index in [1.807, 2.05) is 67.6 Å². The van der Waals surface area contributed by atoms with Crippen LogP contribution in [0.2, 0.25) is 0 Å². The highest BCUT2D eigenvalue weighted by atomic mass is 32.2. The zero-order valence-corrected chi connectivity index (χ0v) is 14.9. The molecule has 0 atom stereocenters. The summed E-state index contributed by atoms with van der Waals surface area (Å²) in [6, 6.07) is 17.6. The molecule has 1 fully saturated rings. The summed E-state index contributed by atoms with van der Waals surface area (Å²) < 4.78 is 6.10. The van der Waals surface area contributed by atoms with Gasteiger partial charge in [0.1, 0.15) is 10.1 Å². The number of benzene rings is 2. The Hall–Kier alpha value is -2.11. The fraction of sp³-hybridized carbons (Fsp3) is 0.158. The molecule has 2 aromatic rings. The number of nitrogens with zero attached hydrogens (tertiary/aromatic N) is 1. The normalized spacial score (nSPS) is 16.0. The van der Waals surface area contributed by atoms with E-state index in [2.05, 4.69) is 0 Å². The van der Waals surface area contributed by atoms with Crippen LogP contribution in [0.1, 0.15) is 18.1 Å². The van der Waals surface area contributed by atoms with E-state index in [0.29, 0.717) is 22.4 Å². The van der Waals surface area contributed by atoms with Gasteiger partial charge in [0.2, 0.25) is 0 Å². The van der Waals surface area contributed by atoms with Gasteiger partial charge in [0.05, 0.1) is 18.1 Å². The van der Waals surface area contributed by atoms with Crippen LogP contribution in [0.3, 0.4) is 0 Å². The standard InChI is InChI=1S/C19H17NO2S2/c1-2-22-16-10-6-9-15(11-16)12-17-18(21)20(19(23)24-17)13-14-7-4-3-5-8-14/h3-12H,2,13H2,1H3/b17-12+. The Morgan fingerprint density at radius 3 is 2.71 bits per heavy atom. The molecule has 1 heterocycles. The number of thiocarbonyl (C=S) groups is 1. The highest BCUT2D eigenvalue weighted by molar-refractivity contribution is 8.26. The van der Waals surface area contributed by atoms with Crippen molar-refractivity contribution in [3.05, 3.63) is 70.6 Å². The van der Waals surface area contributed by atoms with Crippen molar-refractivity contribution in [1.29, 1.82) is 0 Å². The van der Waals surface area contributed by atoms with Gasteiger partial charge in [-0.05, 0) is 36.3 Å². The molecule has 1 saturated heterocycles. The van der Waals surface area contributed by atoms with E-state index in [0.717, 1.165) is 16.9 Å². The van der Waals surface area contributed by atoms with Crippen LogP contribution < -0.4 is 4.74 Å².